The van der Waals surface area contributed by atoms with Crippen LogP contribution < -0.4 is 0 Å². The molecule has 0 saturated heterocycles. The number of furan rings is 2. The zero-order valence-corrected chi connectivity index (χ0v) is 66.2. The second kappa shape index (κ2) is 27.8. The zero-order chi connectivity index (χ0) is 76.7. The number of hydrogen-bond acceptors (Lipinski definition) is 2. The van der Waals surface area contributed by atoms with Gasteiger partial charge in [0.05, 0.1) is 33.1 Å². The molecule has 3 aliphatic carbocycles. The third-order valence-corrected chi connectivity index (χ3v) is 27.2. The van der Waals surface area contributed by atoms with Crippen LogP contribution in [0.2, 0.25) is 0 Å². The van der Waals surface area contributed by atoms with Gasteiger partial charge in [-0.1, -0.05) is 243 Å². The van der Waals surface area contributed by atoms with E-state index in [9.17, 15) is 0 Å². The third kappa shape index (κ3) is 11.2. The Morgan fingerprint density at radius 2 is 0.543 bits per heavy atom. The van der Waals surface area contributed by atoms with E-state index in [1.54, 1.807) is 5.56 Å². The van der Waals surface area contributed by atoms with Crippen LogP contribution >= 0.6 is 0 Å². The standard InChI is InChI=1S/C111H91N3O2/c1-3-5-7-9-11-20-56-111(57-21-12-10-8-6-4-2)99-66-82(75-35-31-71-29-33-73(71)59-75)36-46-87(99)88-47-37-83(67-100(88)111)81-43-53-106-96(65-81)95-64-80(42-52-105(95)114(106)86-45-55-110-98(69-86)90-25-17-19-27-108(90)116-110)78-40-49-102-92(62-78)91-61-77(39-48-101(91)112(102)84-22-14-13-15-23-84)79-41-51-104-94(63-79)93-60-76(74-34-30-70-28-32-72(70)58-74)38-50-103(93)113(104)85-44-54-109-97(68-85)89-24-16-18-26-107(89)115-109/h13-19,22-27,30-31,34-55,58-69H,3-12,20-21,28-29,32-33,56-57H2,1-2H3. The van der Waals surface area contributed by atoms with E-state index in [0.29, 0.717) is 0 Å². The minimum atomic E-state index is -0.0901. The minimum Gasteiger partial charge on any atom is -0.456 e. The van der Waals surface area contributed by atoms with Crippen molar-refractivity contribution in [3.05, 3.63) is 331 Å². The number of hydrogen-bond donors (Lipinski definition) is 0. The highest BCUT2D eigenvalue weighted by Crippen LogP contribution is 2.57. The number of fused-ring (bicyclic) bond motifs is 20. The number of unbranched alkanes of at least 4 members (excludes halogenated alkanes) is 10. The fraction of sp³-hybridized carbons (Fsp3) is 0.189. The Morgan fingerprint density at radius 1 is 0.233 bits per heavy atom. The van der Waals surface area contributed by atoms with E-state index in [1.807, 2.05) is 0 Å². The van der Waals surface area contributed by atoms with Crippen LogP contribution in [0.4, 0.5) is 0 Å². The fourth-order valence-corrected chi connectivity index (χ4v) is 20.9. The molecule has 0 bridgehead atoms. The van der Waals surface area contributed by atoms with Gasteiger partial charge in [-0.3, -0.25) is 0 Å². The van der Waals surface area contributed by atoms with Gasteiger partial charge in [0, 0.05) is 76.3 Å². The molecule has 0 N–H and O–H groups in total. The van der Waals surface area contributed by atoms with E-state index in [2.05, 4.69) is 325 Å². The van der Waals surface area contributed by atoms with Gasteiger partial charge in [-0.15, -0.1) is 0 Å². The van der Waals surface area contributed by atoms with E-state index < -0.39 is 0 Å². The van der Waals surface area contributed by atoms with Crippen molar-refractivity contribution < 1.29 is 8.83 Å². The summed E-state index contributed by atoms with van der Waals surface area (Å²) in [5, 5.41) is 11.8. The molecule has 3 aliphatic rings. The Labute approximate surface area is 676 Å². The summed E-state index contributed by atoms with van der Waals surface area (Å²) >= 11 is 0. The quantitative estimate of drug-likeness (QED) is 0.0635. The summed E-state index contributed by atoms with van der Waals surface area (Å²) in [6.45, 7) is 4.68. The number of para-hydroxylation sites is 3. The first-order valence-corrected chi connectivity index (χ1v) is 43.0. The van der Waals surface area contributed by atoms with Crippen molar-refractivity contribution in [1.82, 2.24) is 13.7 Å². The van der Waals surface area contributed by atoms with Gasteiger partial charge in [-0.2, -0.15) is 0 Å². The van der Waals surface area contributed by atoms with E-state index in [1.165, 1.54) is 269 Å². The SMILES string of the molecule is CCCCCCCCC1(CCCCCCCC)c2cc(-c3ccc4c(c3)CC4)ccc2-c2ccc(-c3ccc4c(c3)c3cc(-c5ccc6c(c5)c5cc(-c7ccc8c(c7)c7cc(-c9ccc%10c(c9)CC%10)ccc7n8-c7ccc8oc9ccccc9c8c7)ccc5n6-c5ccccc5)ccc3n4-c3ccc4oc5ccccc5c4c3)cc21. The lowest BCUT2D eigenvalue weighted by Gasteiger charge is -2.33. The molecule has 0 spiro atoms. The first kappa shape index (κ1) is 68.9. The van der Waals surface area contributed by atoms with Gasteiger partial charge in [-0.25, -0.2) is 0 Å². The summed E-state index contributed by atoms with van der Waals surface area (Å²) in [5.41, 5.74) is 38.3. The van der Waals surface area contributed by atoms with Gasteiger partial charge in [0.25, 0.3) is 0 Å². The third-order valence-electron chi connectivity index (χ3n) is 27.2. The highest BCUT2D eigenvalue weighted by molar-refractivity contribution is 6.17. The molecule has 15 aromatic carbocycles. The average Bonchev–Trinajstić information content (AvgIpc) is 1.56. The normalized spacial score (nSPS) is 13.5. The molecule has 5 heterocycles. The zero-order valence-electron chi connectivity index (χ0n) is 66.2. The largest absolute Gasteiger partial charge is 0.456 e. The number of aromatic nitrogens is 3. The van der Waals surface area contributed by atoms with Crippen molar-refractivity contribution in [3.8, 4) is 83.8 Å². The van der Waals surface area contributed by atoms with Gasteiger partial charge < -0.3 is 22.5 Å². The predicted octanol–water partition coefficient (Wildman–Crippen LogP) is 31.1. The number of aryl methyl sites for hydroxylation is 4. The van der Waals surface area contributed by atoms with Crippen molar-refractivity contribution >= 4 is 109 Å². The molecule has 562 valence electrons. The topological polar surface area (TPSA) is 41.1 Å². The first-order chi connectivity index (χ1) is 57.3. The predicted molar refractivity (Wildman–Crippen MR) is 488 cm³/mol. The van der Waals surface area contributed by atoms with Gasteiger partial charge in [0.2, 0.25) is 0 Å². The van der Waals surface area contributed by atoms with Crippen molar-refractivity contribution in [2.45, 2.75) is 135 Å². The number of nitrogens with zero attached hydrogens (tertiary/aromatic N) is 3. The van der Waals surface area contributed by atoms with Gasteiger partial charge in [0.15, 0.2) is 0 Å². The Kier molecular flexibility index (Phi) is 16.5. The maximum absolute atomic E-state index is 6.50. The van der Waals surface area contributed by atoms with E-state index in [0.717, 1.165) is 67.4 Å². The van der Waals surface area contributed by atoms with Gasteiger partial charge in [-0.05, 0) is 284 Å². The Morgan fingerprint density at radius 3 is 0.914 bits per heavy atom. The number of benzene rings is 15. The van der Waals surface area contributed by atoms with Crippen LogP contribution in [0.5, 0.6) is 0 Å². The Bertz CT molecular complexity index is 7370. The smallest absolute Gasteiger partial charge is 0.135 e. The summed E-state index contributed by atoms with van der Waals surface area (Å²) in [6.07, 6.45) is 22.5. The molecule has 116 heavy (non-hydrogen) atoms. The molecule has 5 nitrogen and oxygen atoms in total. The van der Waals surface area contributed by atoms with E-state index in [-0.39, 0.29) is 5.41 Å². The van der Waals surface area contributed by atoms with Crippen LogP contribution in [0.25, 0.3) is 193 Å². The molecule has 0 amide bonds. The van der Waals surface area contributed by atoms with Gasteiger partial charge >= 0.3 is 0 Å². The number of rotatable bonds is 22. The molecule has 0 unspecified atom stereocenters. The fourth-order valence-electron chi connectivity index (χ4n) is 20.9. The van der Waals surface area contributed by atoms with Crippen LogP contribution in [-0.4, -0.2) is 13.7 Å². The molecule has 23 rings (SSSR count). The summed E-state index contributed by atoms with van der Waals surface area (Å²) in [6, 6.07) is 114. The van der Waals surface area contributed by atoms with E-state index in [4.69, 9.17) is 8.83 Å². The average molecular weight is 1500 g/mol. The highest BCUT2D eigenvalue weighted by Gasteiger charge is 2.43. The lowest BCUT2D eigenvalue weighted by Crippen LogP contribution is -2.25. The Balaban J connectivity index is 0.673. The molecule has 0 fully saturated rings. The molecular formula is C111H91N3O2. The van der Waals surface area contributed by atoms with Crippen LogP contribution in [0.15, 0.2) is 306 Å². The molecule has 20 aromatic rings. The molecule has 0 atom stereocenters. The summed E-state index contributed by atoms with van der Waals surface area (Å²) in [7, 11) is 0. The lowest BCUT2D eigenvalue weighted by molar-refractivity contribution is 0.398. The first-order valence-electron chi connectivity index (χ1n) is 43.0. The van der Waals surface area contributed by atoms with Crippen LogP contribution in [0, 0.1) is 0 Å². The molecule has 5 aromatic heterocycles. The molecule has 0 saturated carbocycles. The maximum atomic E-state index is 6.50. The summed E-state index contributed by atoms with van der Waals surface area (Å²) in [5.74, 6) is 0. The lowest BCUT2D eigenvalue weighted by atomic mass is 9.70. The molecular weight excluding hydrogens is 1410 g/mol. The second-order valence-electron chi connectivity index (χ2n) is 33.9. The minimum absolute atomic E-state index is 0.0901. The van der Waals surface area contributed by atoms with Crippen molar-refractivity contribution in [2.24, 2.45) is 0 Å². The Hall–Kier alpha value is -12.7. The summed E-state index contributed by atoms with van der Waals surface area (Å²) < 4.78 is 20.3. The monoisotopic (exact) mass is 1500 g/mol. The van der Waals surface area contributed by atoms with E-state index >= 15 is 0 Å². The van der Waals surface area contributed by atoms with Crippen LogP contribution in [0.3, 0.4) is 0 Å². The second-order valence-corrected chi connectivity index (χ2v) is 33.9. The van der Waals surface area contributed by atoms with Crippen molar-refractivity contribution in [2.75, 3.05) is 0 Å². The highest BCUT2D eigenvalue weighted by atomic mass is 16.3. The molecule has 0 radical (unpaired) electrons. The van der Waals surface area contributed by atoms with Gasteiger partial charge in [0.1, 0.15) is 22.3 Å². The van der Waals surface area contributed by atoms with Crippen LogP contribution in [0.1, 0.15) is 137 Å². The molecule has 0 aliphatic heterocycles. The van der Waals surface area contributed by atoms with Crippen molar-refractivity contribution in [1.29, 1.82) is 0 Å². The molecule has 5 heteroatoms. The van der Waals surface area contributed by atoms with Crippen molar-refractivity contribution in [3.63, 3.8) is 0 Å². The summed E-state index contributed by atoms with van der Waals surface area (Å²) in [4.78, 5) is 0. The maximum Gasteiger partial charge on any atom is 0.135 e. The van der Waals surface area contributed by atoms with Crippen LogP contribution in [-0.2, 0) is 31.1 Å².